The molecule has 3 heterocycles. The summed E-state index contributed by atoms with van der Waals surface area (Å²) in [6, 6.07) is 8.35. The summed E-state index contributed by atoms with van der Waals surface area (Å²) >= 11 is 1.66. The van der Waals surface area contributed by atoms with Gasteiger partial charge in [-0.3, -0.25) is 0 Å². The smallest absolute Gasteiger partial charge is 0.402 e. The molecular formula is C17H19BN4O2S. The first-order valence-electron chi connectivity index (χ1n) is 8.22. The summed E-state index contributed by atoms with van der Waals surface area (Å²) in [6.07, 6.45) is 3.26. The molecule has 0 aliphatic carbocycles. The highest BCUT2D eigenvalue weighted by Gasteiger charge is 2.43. The van der Waals surface area contributed by atoms with Gasteiger partial charge >= 0.3 is 7.12 Å². The van der Waals surface area contributed by atoms with Crippen LogP contribution in [0.5, 0.6) is 0 Å². The first kappa shape index (κ1) is 16.6. The van der Waals surface area contributed by atoms with E-state index < -0.39 is 0 Å². The minimum absolute atomic E-state index is 0.0716. The summed E-state index contributed by atoms with van der Waals surface area (Å²) < 4.78 is 11.9. The first-order chi connectivity index (χ1) is 12.0. The number of nitrogens with one attached hydrogen (secondary N) is 1. The van der Waals surface area contributed by atoms with Gasteiger partial charge in [-0.15, -0.1) is 0 Å². The van der Waals surface area contributed by atoms with Gasteiger partial charge in [0.05, 0.1) is 18.0 Å². The molecule has 0 spiro atoms. The lowest BCUT2D eigenvalue weighted by atomic mass is 9.79. The molecule has 1 aliphatic rings. The van der Waals surface area contributed by atoms with Gasteiger partial charge in [0.15, 0.2) is 5.65 Å². The zero-order valence-electron chi connectivity index (χ0n) is 14.4. The van der Waals surface area contributed by atoms with E-state index in [9.17, 15) is 0 Å². The monoisotopic (exact) mass is 354 g/mol. The molecule has 128 valence electrons. The second-order valence-electron chi connectivity index (χ2n) is 6.64. The third-order valence-electron chi connectivity index (χ3n) is 4.53. The normalized spacial score (nSPS) is 19.6. The van der Waals surface area contributed by atoms with Crippen molar-refractivity contribution in [1.29, 1.82) is 0 Å². The quantitative estimate of drug-likeness (QED) is 0.441. The van der Waals surface area contributed by atoms with Crippen LogP contribution in [0.2, 0.25) is 0 Å². The van der Waals surface area contributed by atoms with Crippen molar-refractivity contribution in [2.45, 2.75) is 43.3 Å². The van der Waals surface area contributed by atoms with Crippen molar-refractivity contribution >= 4 is 35.5 Å². The molecule has 0 saturated carbocycles. The molecule has 8 heteroatoms. The lowest BCUT2D eigenvalue weighted by Gasteiger charge is -2.21. The summed E-state index contributed by atoms with van der Waals surface area (Å²) in [5, 5.41) is 0.907. The Morgan fingerprint density at radius 3 is 2.72 bits per heavy atom. The molecule has 1 N–H and O–H groups in total. The average molecular weight is 354 g/mol. The maximum atomic E-state index is 6.00. The van der Waals surface area contributed by atoms with Crippen molar-refractivity contribution in [3.63, 3.8) is 0 Å². The van der Waals surface area contributed by atoms with E-state index in [4.69, 9.17) is 9.31 Å². The van der Waals surface area contributed by atoms with Gasteiger partial charge < -0.3 is 14.3 Å². The second-order valence-corrected chi connectivity index (χ2v) is 7.61. The number of H-pyrrole nitrogens is 1. The van der Waals surface area contributed by atoms with Gasteiger partial charge in [-0.05, 0) is 31.8 Å². The van der Waals surface area contributed by atoms with E-state index in [1.54, 1.807) is 24.4 Å². The fourth-order valence-electron chi connectivity index (χ4n) is 2.67. The molecule has 6 nitrogen and oxygen atoms in total. The highest BCUT2D eigenvalue weighted by molar-refractivity contribution is 7.98. The Morgan fingerprint density at radius 1 is 1.20 bits per heavy atom. The van der Waals surface area contributed by atoms with Gasteiger partial charge in [0, 0.05) is 5.75 Å². The lowest BCUT2D eigenvalue weighted by molar-refractivity contribution is 0.0842. The minimum Gasteiger partial charge on any atom is -0.402 e. The number of fused-ring (bicyclic) bond motifs is 1. The van der Waals surface area contributed by atoms with Crippen LogP contribution in [-0.4, -0.2) is 38.8 Å². The van der Waals surface area contributed by atoms with Crippen molar-refractivity contribution in [2.75, 3.05) is 0 Å². The number of aromatic amines is 1. The standard InChI is InChI=1S/C17H19BN4O2S/c1-11-17(2,3)24-18(23-11)13-6-4-12(5-7-13)8-25-16-14-15(20-9-19-14)21-10-22-16/h4-7,9-11H,8H2,1-3H3,(H,19,20,21,22). The van der Waals surface area contributed by atoms with E-state index >= 15 is 0 Å². The van der Waals surface area contributed by atoms with E-state index in [2.05, 4.69) is 58.0 Å². The van der Waals surface area contributed by atoms with Crippen LogP contribution < -0.4 is 5.46 Å². The number of benzene rings is 1. The van der Waals surface area contributed by atoms with E-state index in [-0.39, 0.29) is 18.8 Å². The van der Waals surface area contributed by atoms with Crippen molar-refractivity contribution in [1.82, 2.24) is 19.9 Å². The number of nitrogens with zero attached hydrogens (tertiary/aromatic N) is 3. The highest BCUT2D eigenvalue weighted by atomic mass is 32.2. The fourth-order valence-corrected chi connectivity index (χ4v) is 3.58. The molecule has 25 heavy (non-hydrogen) atoms. The van der Waals surface area contributed by atoms with Gasteiger partial charge in [-0.2, -0.15) is 0 Å². The summed E-state index contributed by atoms with van der Waals surface area (Å²) in [4.78, 5) is 15.7. The molecule has 0 radical (unpaired) electrons. The van der Waals surface area contributed by atoms with Crippen LogP contribution in [0.1, 0.15) is 26.3 Å². The van der Waals surface area contributed by atoms with Gasteiger partial charge in [0.1, 0.15) is 16.9 Å². The predicted octanol–water partition coefficient (Wildman–Crippen LogP) is 2.55. The van der Waals surface area contributed by atoms with E-state index in [0.717, 1.165) is 21.8 Å². The summed E-state index contributed by atoms with van der Waals surface area (Å²) in [7, 11) is -0.293. The maximum absolute atomic E-state index is 6.00. The molecule has 4 rings (SSSR count). The minimum atomic E-state index is -0.293. The predicted molar refractivity (Wildman–Crippen MR) is 98.8 cm³/mol. The summed E-state index contributed by atoms with van der Waals surface area (Å²) in [6.45, 7) is 6.16. The number of rotatable bonds is 4. The summed E-state index contributed by atoms with van der Waals surface area (Å²) in [5.74, 6) is 0.819. The zero-order valence-corrected chi connectivity index (χ0v) is 15.2. The zero-order chi connectivity index (χ0) is 17.4. The Balaban J connectivity index is 1.44. The van der Waals surface area contributed by atoms with Crippen molar-refractivity contribution in [3.05, 3.63) is 42.5 Å². The molecule has 1 fully saturated rings. The number of hydrogen-bond acceptors (Lipinski definition) is 6. The fraction of sp³-hybridized carbons (Fsp3) is 0.353. The summed E-state index contributed by atoms with van der Waals surface area (Å²) in [5.41, 5.74) is 3.57. The van der Waals surface area contributed by atoms with Crippen LogP contribution in [0.25, 0.3) is 11.2 Å². The molecule has 1 unspecified atom stereocenters. The molecule has 0 amide bonds. The lowest BCUT2D eigenvalue weighted by Crippen LogP contribution is -2.34. The van der Waals surface area contributed by atoms with E-state index in [1.807, 2.05) is 6.92 Å². The molecule has 1 atom stereocenters. The third kappa shape index (κ3) is 3.29. The van der Waals surface area contributed by atoms with Gasteiger partial charge in [-0.1, -0.05) is 36.0 Å². The van der Waals surface area contributed by atoms with E-state index in [0.29, 0.717) is 5.65 Å². The Morgan fingerprint density at radius 2 is 2.00 bits per heavy atom. The SMILES string of the molecule is CC1OB(c2ccc(CSc3ncnc4nc[nH]c34)cc2)OC1(C)C. The molecule has 1 aromatic carbocycles. The average Bonchev–Trinajstić information content (AvgIpc) is 3.18. The van der Waals surface area contributed by atoms with E-state index in [1.165, 1.54) is 5.56 Å². The number of thioether (sulfide) groups is 1. The Hall–Kier alpha value is -1.90. The molecular weight excluding hydrogens is 335 g/mol. The second kappa shape index (κ2) is 6.44. The van der Waals surface area contributed by atoms with Crippen LogP contribution in [-0.2, 0) is 15.1 Å². The number of hydrogen-bond donors (Lipinski definition) is 1. The Kier molecular flexibility index (Phi) is 4.27. The largest absolute Gasteiger partial charge is 0.494 e. The van der Waals surface area contributed by atoms with Gasteiger partial charge in [0.25, 0.3) is 0 Å². The molecule has 1 aliphatic heterocycles. The molecule has 3 aromatic rings. The first-order valence-corrected chi connectivity index (χ1v) is 9.20. The van der Waals surface area contributed by atoms with Gasteiger partial charge in [0.2, 0.25) is 0 Å². The van der Waals surface area contributed by atoms with Crippen molar-refractivity contribution in [2.24, 2.45) is 0 Å². The van der Waals surface area contributed by atoms with Crippen LogP contribution >= 0.6 is 11.8 Å². The third-order valence-corrected chi connectivity index (χ3v) is 5.59. The highest BCUT2D eigenvalue weighted by Crippen LogP contribution is 2.27. The van der Waals surface area contributed by atoms with Crippen molar-refractivity contribution in [3.8, 4) is 0 Å². The van der Waals surface area contributed by atoms with Crippen molar-refractivity contribution < 1.29 is 9.31 Å². The number of aromatic nitrogens is 4. The Labute approximate surface area is 150 Å². The van der Waals surface area contributed by atoms with Crippen LogP contribution in [0.4, 0.5) is 0 Å². The maximum Gasteiger partial charge on any atom is 0.494 e. The molecule has 1 saturated heterocycles. The van der Waals surface area contributed by atoms with Gasteiger partial charge in [-0.25, -0.2) is 15.0 Å². The topological polar surface area (TPSA) is 72.9 Å². The molecule has 2 aromatic heterocycles. The van der Waals surface area contributed by atoms with Crippen LogP contribution in [0.15, 0.2) is 41.9 Å². The molecule has 0 bridgehead atoms. The van der Waals surface area contributed by atoms with Crippen LogP contribution in [0, 0.1) is 0 Å². The number of imidazole rings is 1. The Bertz CT molecular complexity index is 884. The van der Waals surface area contributed by atoms with Crippen LogP contribution in [0.3, 0.4) is 0 Å².